The first-order valence-corrected chi connectivity index (χ1v) is 13.9. The first kappa shape index (κ1) is 31.8. The van der Waals surface area contributed by atoms with Gasteiger partial charge in [0.1, 0.15) is 17.7 Å². The van der Waals surface area contributed by atoms with Crippen molar-refractivity contribution in [3.8, 4) is 5.82 Å². The van der Waals surface area contributed by atoms with E-state index in [-0.39, 0.29) is 36.5 Å². The summed E-state index contributed by atoms with van der Waals surface area (Å²) in [6, 6.07) is 3.04. The molecule has 3 aromatic heterocycles. The summed E-state index contributed by atoms with van der Waals surface area (Å²) >= 11 is 6.19. The summed E-state index contributed by atoms with van der Waals surface area (Å²) < 4.78 is 62.8. The van der Waals surface area contributed by atoms with Crippen LogP contribution in [0, 0.1) is 5.82 Å². The van der Waals surface area contributed by atoms with Gasteiger partial charge in [-0.3, -0.25) is 23.9 Å². The fourth-order valence-electron chi connectivity index (χ4n) is 5.06. The van der Waals surface area contributed by atoms with E-state index in [1.54, 1.807) is 0 Å². The number of ketones is 1. The highest BCUT2D eigenvalue weighted by Crippen LogP contribution is 2.34. The number of halogens is 5. The van der Waals surface area contributed by atoms with E-state index in [4.69, 9.17) is 16.3 Å². The third kappa shape index (κ3) is 6.31. The summed E-state index contributed by atoms with van der Waals surface area (Å²) in [6.45, 7) is 0.370. The molecule has 5 rings (SSSR count). The number of carbonyl (C=O) groups is 2. The second-order valence-corrected chi connectivity index (χ2v) is 10.8. The maximum atomic E-state index is 15.2. The molecule has 1 aliphatic rings. The van der Waals surface area contributed by atoms with Gasteiger partial charge in [-0.15, -0.1) is 0 Å². The number of benzene rings is 1. The van der Waals surface area contributed by atoms with Gasteiger partial charge in [-0.05, 0) is 36.8 Å². The fourth-order valence-corrected chi connectivity index (χ4v) is 5.34. The van der Waals surface area contributed by atoms with Crippen LogP contribution in [0.2, 0.25) is 5.02 Å². The van der Waals surface area contributed by atoms with E-state index in [1.807, 2.05) is 0 Å². The summed E-state index contributed by atoms with van der Waals surface area (Å²) in [5.74, 6) is -2.69. The lowest BCUT2D eigenvalue weighted by atomic mass is 10.0. The fraction of sp³-hybridized carbons (Fsp3) is 0.310. The number of ether oxygens (including phenoxy) is 1. The monoisotopic (exact) mass is 648 g/mol. The molecule has 0 bridgehead atoms. The van der Waals surface area contributed by atoms with Gasteiger partial charge in [0.05, 0.1) is 46.9 Å². The quantitative estimate of drug-likeness (QED) is 0.303. The van der Waals surface area contributed by atoms with Crippen molar-refractivity contribution < 1.29 is 31.9 Å². The number of rotatable bonds is 7. The molecule has 11 nitrogen and oxygen atoms in total. The average Bonchev–Trinajstić information content (AvgIpc) is 2.99. The van der Waals surface area contributed by atoms with Crippen molar-refractivity contribution in [2.24, 2.45) is 7.05 Å². The molecule has 1 amide bonds. The molecule has 0 aliphatic carbocycles. The smallest absolute Gasteiger partial charge is 0.377 e. The largest absolute Gasteiger partial charge is 0.411 e. The third-order valence-electron chi connectivity index (χ3n) is 7.44. The molecule has 1 saturated heterocycles. The predicted molar refractivity (Wildman–Crippen MR) is 155 cm³/mol. The van der Waals surface area contributed by atoms with Gasteiger partial charge in [0, 0.05) is 38.1 Å². The topological polar surface area (TPSA) is 128 Å². The van der Waals surface area contributed by atoms with Crippen LogP contribution < -0.4 is 21.5 Å². The zero-order chi connectivity index (χ0) is 32.6. The first-order chi connectivity index (χ1) is 21.3. The van der Waals surface area contributed by atoms with E-state index in [0.717, 1.165) is 21.6 Å². The highest BCUT2D eigenvalue weighted by molar-refractivity contribution is 6.34. The number of amides is 1. The maximum absolute atomic E-state index is 15.2. The van der Waals surface area contributed by atoms with Crippen LogP contribution in [0.25, 0.3) is 16.7 Å². The van der Waals surface area contributed by atoms with E-state index >= 15 is 4.39 Å². The van der Waals surface area contributed by atoms with E-state index in [2.05, 4.69) is 15.3 Å². The Kier molecular flexibility index (Phi) is 8.76. The van der Waals surface area contributed by atoms with E-state index < -0.39 is 64.2 Å². The van der Waals surface area contributed by atoms with Crippen LogP contribution in [0.15, 0.2) is 58.5 Å². The van der Waals surface area contributed by atoms with Crippen LogP contribution in [-0.4, -0.2) is 68.8 Å². The summed E-state index contributed by atoms with van der Waals surface area (Å²) in [7, 11) is 1.49. The van der Waals surface area contributed by atoms with Crippen LogP contribution in [0.4, 0.5) is 23.2 Å². The lowest BCUT2D eigenvalue weighted by Gasteiger charge is -2.38. The van der Waals surface area contributed by atoms with Gasteiger partial charge in [-0.1, -0.05) is 17.7 Å². The zero-order valence-corrected chi connectivity index (χ0v) is 24.5. The van der Waals surface area contributed by atoms with Crippen molar-refractivity contribution in [2.45, 2.75) is 31.6 Å². The van der Waals surface area contributed by atoms with Crippen molar-refractivity contribution in [3.05, 3.63) is 91.7 Å². The van der Waals surface area contributed by atoms with Crippen LogP contribution in [-0.2, 0) is 23.0 Å². The van der Waals surface area contributed by atoms with Gasteiger partial charge in [0.2, 0.25) is 0 Å². The van der Waals surface area contributed by atoms with E-state index in [1.165, 1.54) is 55.3 Å². The summed E-state index contributed by atoms with van der Waals surface area (Å²) in [5.41, 5.74) is -1.29. The van der Waals surface area contributed by atoms with Gasteiger partial charge >= 0.3 is 11.9 Å². The molecule has 0 radical (unpaired) electrons. The highest BCUT2D eigenvalue weighted by Gasteiger charge is 2.45. The maximum Gasteiger partial charge on any atom is 0.411 e. The van der Waals surface area contributed by atoms with E-state index in [0.29, 0.717) is 11.1 Å². The molecule has 45 heavy (non-hydrogen) atoms. The second kappa shape index (κ2) is 12.4. The Morgan fingerprint density at radius 1 is 1.18 bits per heavy atom. The summed E-state index contributed by atoms with van der Waals surface area (Å²) in [4.78, 5) is 60.5. The number of aromatic nitrogens is 4. The molecule has 236 valence electrons. The van der Waals surface area contributed by atoms with Gasteiger partial charge in [-0.2, -0.15) is 13.2 Å². The average molecular weight is 649 g/mol. The number of pyridine rings is 2. The van der Waals surface area contributed by atoms with Gasteiger partial charge < -0.3 is 15.0 Å². The lowest BCUT2D eigenvalue weighted by molar-refractivity contribution is -0.167. The van der Waals surface area contributed by atoms with Crippen molar-refractivity contribution in [1.82, 2.24) is 24.4 Å². The van der Waals surface area contributed by atoms with Crippen LogP contribution in [0.5, 0.6) is 0 Å². The Morgan fingerprint density at radius 2 is 1.93 bits per heavy atom. The number of nitrogens with zero attached hydrogens (tertiary/aromatic N) is 5. The number of fused-ring (bicyclic) bond motifs is 1. The molecule has 0 unspecified atom stereocenters. The predicted octanol–water partition coefficient (Wildman–Crippen LogP) is 2.97. The molecule has 0 spiro atoms. The van der Waals surface area contributed by atoms with Crippen molar-refractivity contribution >= 4 is 39.9 Å². The number of alkyl halides is 3. The standard InChI is InChI=1S/C29H25ClF4N6O5/c1-15(41)21(9-16-3-4-24(36-12-16)40-27(43)18-5-6-35-13-22(18)38(2)28(40)44)37-26(42)25-19(30)10-17(11-20(25)31)39-7-8-45-14-23(39)29(32,33)34/h3-6,10-13,21,23H,7-9,14H2,1-2H3,(H,37,42)/t21-,23+/m0/s1. The normalized spacial score (nSPS) is 16.1. The van der Waals surface area contributed by atoms with Crippen molar-refractivity contribution in [2.75, 3.05) is 24.7 Å². The Balaban J connectivity index is 1.36. The van der Waals surface area contributed by atoms with Crippen molar-refractivity contribution in [3.63, 3.8) is 0 Å². The molecule has 16 heteroatoms. The lowest BCUT2D eigenvalue weighted by Crippen LogP contribution is -2.53. The molecule has 4 aromatic rings. The number of hydrogen-bond donors (Lipinski definition) is 1. The number of hydrogen-bond acceptors (Lipinski definition) is 8. The van der Waals surface area contributed by atoms with Crippen LogP contribution in [0.3, 0.4) is 0 Å². The molecule has 0 saturated carbocycles. The molecule has 1 aromatic carbocycles. The molecule has 1 fully saturated rings. The molecule has 2 atom stereocenters. The molecule has 1 N–H and O–H groups in total. The number of anilines is 1. The Labute approximate surface area is 257 Å². The van der Waals surface area contributed by atoms with Crippen LogP contribution in [0.1, 0.15) is 22.8 Å². The zero-order valence-electron chi connectivity index (χ0n) is 23.8. The summed E-state index contributed by atoms with van der Waals surface area (Å²) in [6.07, 6.45) is -0.605. The highest BCUT2D eigenvalue weighted by atomic mass is 35.5. The van der Waals surface area contributed by atoms with Crippen LogP contribution >= 0.6 is 11.6 Å². The Morgan fingerprint density at radius 3 is 2.58 bits per heavy atom. The van der Waals surface area contributed by atoms with E-state index in [9.17, 15) is 32.3 Å². The minimum atomic E-state index is -4.65. The number of aryl methyl sites for hydroxylation is 1. The van der Waals surface area contributed by atoms with Gasteiger partial charge in [0.15, 0.2) is 5.78 Å². The number of carbonyl (C=O) groups excluding carboxylic acids is 2. The van der Waals surface area contributed by atoms with Gasteiger partial charge in [-0.25, -0.2) is 18.7 Å². The molecule has 1 aliphatic heterocycles. The van der Waals surface area contributed by atoms with Crippen molar-refractivity contribution in [1.29, 1.82) is 0 Å². The number of nitrogens with one attached hydrogen (secondary N) is 1. The number of morpholine rings is 1. The molecular formula is C29H25ClF4N6O5. The molecular weight excluding hydrogens is 624 g/mol. The SMILES string of the molecule is CC(=O)[C@H](Cc1ccc(-n2c(=O)c3ccncc3n(C)c2=O)nc1)NC(=O)c1c(F)cc(N2CCOC[C@@H]2C(F)(F)F)cc1Cl. The minimum absolute atomic E-state index is 0.0163. The van der Waals surface area contributed by atoms with Gasteiger partial charge in [0.25, 0.3) is 11.5 Å². The molecule has 4 heterocycles. The summed E-state index contributed by atoms with van der Waals surface area (Å²) in [5, 5.41) is 2.23. The second-order valence-electron chi connectivity index (χ2n) is 10.4. The third-order valence-corrected chi connectivity index (χ3v) is 7.74. The Hall–Kier alpha value is -4.63. The first-order valence-electron chi connectivity index (χ1n) is 13.5. The minimum Gasteiger partial charge on any atom is -0.377 e. The number of Topliss-reactive ketones (excluding diaryl/α,β-unsaturated/α-hetero) is 1. The Bertz CT molecular complexity index is 1890.